The summed E-state index contributed by atoms with van der Waals surface area (Å²) < 4.78 is 12.9. The van der Waals surface area contributed by atoms with Crippen molar-refractivity contribution in [1.29, 1.82) is 0 Å². The highest BCUT2D eigenvalue weighted by molar-refractivity contribution is 6.20. The second-order valence-corrected chi connectivity index (χ2v) is 7.03. The fourth-order valence-electron chi connectivity index (χ4n) is 4.13. The molecule has 0 unspecified atom stereocenters. The van der Waals surface area contributed by atoms with Crippen molar-refractivity contribution in [3.05, 3.63) is 58.8 Å². The highest BCUT2D eigenvalue weighted by Gasteiger charge is 2.41. The average molecular weight is 335 g/mol. The van der Waals surface area contributed by atoms with Gasteiger partial charge in [-0.05, 0) is 35.9 Å². The third-order valence-corrected chi connectivity index (χ3v) is 5.37. The van der Waals surface area contributed by atoms with E-state index in [9.17, 15) is 4.79 Å². The summed E-state index contributed by atoms with van der Waals surface area (Å²) in [5.41, 5.74) is 4.27. The number of methoxy groups -OCH3 is 2. The first-order valence-corrected chi connectivity index (χ1v) is 8.30. The first kappa shape index (κ1) is 15.8. The van der Waals surface area contributed by atoms with Crippen molar-refractivity contribution in [3.63, 3.8) is 0 Å². The smallest absolute Gasteiger partial charge is 0.195 e. The Balaban J connectivity index is 2.09. The Bertz CT molecular complexity index is 1030. The van der Waals surface area contributed by atoms with E-state index in [4.69, 9.17) is 9.47 Å². The third kappa shape index (κ3) is 1.97. The van der Waals surface area contributed by atoms with E-state index in [1.165, 1.54) is 0 Å². The molecule has 25 heavy (non-hydrogen) atoms. The summed E-state index contributed by atoms with van der Waals surface area (Å²) in [6, 6.07) is 11.6. The molecule has 0 bridgehead atoms. The molecule has 0 aliphatic heterocycles. The van der Waals surface area contributed by atoms with Gasteiger partial charge >= 0.3 is 0 Å². The lowest BCUT2D eigenvalue weighted by Crippen LogP contribution is -2.32. The Morgan fingerprint density at radius 1 is 0.960 bits per heavy atom. The second kappa shape index (κ2) is 5.12. The first-order valence-electron chi connectivity index (χ1n) is 8.30. The number of aryl methyl sites for hydroxylation is 1. The SMILES string of the molecule is COc1ccc2c(c1)C(C)(C)c1c(c3ccc(OC)cc3n1C)C2=O. The third-order valence-electron chi connectivity index (χ3n) is 5.37. The van der Waals surface area contributed by atoms with Crippen molar-refractivity contribution >= 4 is 16.7 Å². The van der Waals surface area contributed by atoms with Crippen LogP contribution in [-0.4, -0.2) is 24.6 Å². The predicted octanol–water partition coefficient (Wildman–Crippen LogP) is 4.07. The molecule has 0 amide bonds. The molecule has 1 aliphatic carbocycles. The van der Waals surface area contributed by atoms with Gasteiger partial charge in [-0.1, -0.05) is 13.8 Å². The molecule has 0 N–H and O–H groups in total. The highest BCUT2D eigenvalue weighted by Crippen LogP contribution is 2.46. The summed E-state index contributed by atoms with van der Waals surface area (Å²) in [4.78, 5) is 13.3. The van der Waals surface area contributed by atoms with E-state index in [0.717, 1.165) is 44.8 Å². The van der Waals surface area contributed by atoms with Gasteiger partial charge in [0.2, 0.25) is 0 Å². The van der Waals surface area contributed by atoms with E-state index in [0.29, 0.717) is 0 Å². The number of nitrogens with zero attached hydrogens (tertiary/aromatic N) is 1. The standard InChI is InChI=1S/C21H21NO3/c1-21(2)16-10-12(24-4)6-8-14(16)19(23)18-15-9-7-13(25-5)11-17(15)22(3)20(18)21/h6-11H,1-5H3. The maximum Gasteiger partial charge on any atom is 0.195 e. The number of carbonyl (C=O) groups excluding carboxylic acids is 1. The van der Waals surface area contributed by atoms with Gasteiger partial charge in [-0.25, -0.2) is 0 Å². The monoisotopic (exact) mass is 335 g/mol. The van der Waals surface area contributed by atoms with E-state index in [1.54, 1.807) is 14.2 Å². The molecule has 0 fully saturated rings. The number of rotatable bonds is 2. The van der Waals surface area contributed by atoms with Crippen LogP contribution in [0.25, 0.3) is 10.9 Å². The van der Waals surface area contributed by atoms with E-state index in [1.807, 2.05) is 43.4 Å². The number of ether oxygens (including phenoxy) is 2. The fourth-order valence-corrected chi connectivity index (χ4v) is 4.13. The number of carbonyl (C=O) groups is 1. The second-order valence-electron chi connectivity index (χ2n) is 7.03. The summed E-state index contributed by atoms with van der Waals surface area (Å²) >= 11 is 0. The van der Waals surface area contributed by atoms with Crippen LogP contribution in [-0.2, 0) is 12.5 Å². The van der Waals surface area contributed by atoms with E-state index >= 15 is 0 Å². The van der Waals surface area contributed by atoms with Crippen molar-refractivity contribution in [3.8, 4) is 11.5 Å². The minimum atomic E-state index is -0.311. The van der Waals surface area contributed by atoms with Crippen LogP contribution in [0.1, 0.15) is 41.0 Å². The van der Waals surface area contributed by atoms with Gasteiger partial charge in [0.15, 0.2) is 5.78 Å². The zero-order valence-corrected chi connectivity index (χ0v) is 15.1. The van der Waals surface area contributed by atoms with Gasteiger partial charge in [0.05, 0.1) is 25.3 Å². The predicted molar refractivity (Wildman–Crippen MR) is 98.0 cm³/mol. The molecule has 128 valence electrons. The van der Waals surface area contributed by atoms with Gasteiger partial charge in [0.25, 0.3) is 0 Å². The lowest BCUT2D eigenvalue weighted by atomic mass is 9.71. The molecule has 2 aromatic carbocycles. The molecule has 0 saturated heterocycles. The van der Waals surface area contributed by atoms with Crippen molar-refractivity contribution in [2.24, 2.45) is 7.05 Å². The normalized spacial score (nSPS) is 15.0. The number of benzene rings is 2. The fraction of sp³-hybridized carbons (Fsp3) is 0.286. The number of fused-ring (bicyclic) bond motifs is 4. The lowest BCUT2D eigenvalue weighted by Gasteiger charge is -2.33. The number of aromatic nitrogens is 1. The molecule has 0 spiro atoms. The summed E-state index contributed by atoms with van der Waals surface area (Å²) in [7, 11) is 5.32. The molecule has 3 aromatic rings. The molecular formula is C21H21NO3. The van der Waals surface area contributed by atoms with Crippen molar-refractivity contribution in [1.82, 2.24) is 4.57 Å². The maximum absolute atomic E-state index is 13.3. The molecule has 1 heterocycles. The zero-order chi connectivity index (χ0) is 17.9. The molecule has 4 rings (SSSR count). The first-order chi connectivity index (χ1) is 11.9. The summed E-state index contributed by atoms with van der Waals surface area (Å²) in [6.07, 6.45) is 0. The number of hydrogen-bond donors (Lipinski definition) is 0. The molecular weight excluding hydrogens is 314 g/mol. The van der Waals surface area contributed by atoms with Gasteiger partial charge in [-0.3, -0.25) is 4.79 Å². The van der Waals surface area contributed by atoms with Gasteiger partial charge in [-0.15, -0.1) is 0 Å². The van der Waals surface area contributed by atoms with E-state index < -0.39 is 0 Å². The van der Waals surface area contributed by atoms with E-state index in [-0.39, 0.29) is 11.2 Å². The van der Waals surface area contributed by atoms with E-state index in [2.05, 4.69) is 18.4 Å². The molecule has 4 nitrogen and oxygen atoms in total. The molecule has 0 radical (unpaired) electrons. The van der Waals surface area contributed by atoms with Crippen LogP contribution in [0.15, 0.2) is 36.4 Å². The highest BCUT2D eigenvalue weighted by atomic mass is 16.5. The summed E-state index contributed by atoms with van der Waals surface area (Å²) in [5, 5.41) is 0.970. The lowest BCUT2D eigenvalue weighted by molar-refractivity contribution is 0.103. The van der Waals surface area contributed by atoms with Gasteiger partial charge in [0.1, 0.15) is 11.5 Å². The number of ketones is 1. The molecule has 0 atom stereocenters. The van der Waals surface area contributed by atoms with Crippen LogP contribution in [0.5, 0.6) is 11.5 Å². The van der Waals surface area contributed by atoms with Crippen LogP contribution in [0, 0.1) is 0 Å². The van der Waals surface area contributed by atoms with Crippen LogP contribution in [0.3, 0.4) is 0 Å². The summed E-state index contributed by atoms with van der Waals surface area (Å²) in [6.45, 7) is 4.32. The topological polar surface area (TPSA) is 40.5 Å². The largest absolute Gasteiger partial charge is 0.497 e. The van der Waals surface area contributed by atoms with Crippen molar-refractivity contribution in [2.75, 3.05) is 14.2 Å². The van der Waals surface area contributed by atoms with Crippen LogP contribution in [0.4, 0.5) is 0 Å². The van der Waals surface area contributed by atoms with Gasteiger partial charge < -0.3 is 14.0 Å². The Labute approximate surface area is 147 Å². The van der Waals surface area contributed by atoms with Crippen LogP contribution in [0.2, 0.25) is 0 Å². The number of hydrogen-bond acceptors (Lipinski definition) is 3. The minimum Gasteiger partial charge on any atom is -0.497 e. The Hall–Kier alpha value is -2.75. The molecule has 0 saturated carbocycles. The van der Waals surface area contributed by atoms with Crippen molar-refractivity contribution in [2.45, 2.75) is 19.3 Å². The molecule has 1 aromatic heterocycles. The summed E-state index contributed by atoms with van der Waals surface area (Å²) in [5.74, 6) is 1.63. The van der Waals surface area contributed by atoms with Gasteiger partial charge in [0, 0.05) is 35.2 Å². The van der Waals surface area contributed by atoms with Crippen LogP contribution < -0.4 is 9.47 Å². The van der Waals surface area contributed by atoms with Crippen molar-refractivity contribution < 1.29 is 14.3 Å². The minimum absolute atomic E-state index is 0.0720. The Morgan fingerprint density at radius 2 is 1.60 bits per heavy atom. The zero-order valence-electron chi connectivity index (χ0n) is 15.1. The average Bonchev–Trinajstić information content (AvgIpc) is 2.92. The Morgan fingerprint density at radius 3 is 2.28 bits per heavy atom. The molecule has 4 heteroatoms. The Kier molecular flexibility index (Phi) is 3.23. The van der Waals surface area contributed by atoms with Gasteiger partial charge in [-0.2, -0.15) is 0 Å². The quantitative estimate of drug-likeness (QED) is 0.709. The maximum atomic E-state index is 13.3. The molecule has 1 aliphatic rings. The van der Waals surface area contributed by atoms with Crippen LogP contribution >= 0.6 is 0 Å².